The van der Waals surface area contributed by atoms with Crippen LogP contribution in [0, 0.1) is 0 Å². The highest BCUT2D eigenvalue weighted by atomic mass is 35.5. The topological polar surface area (TPSA) is 50.4 Å². The van der Waals surface area contributed by atoms with E-state index in [4.69, 9.17) is 51.1 Å². The Hall–Kier alpha value is -2.67. The van der Waals surface area contributed by atoms with Gasteiger partial charge in [-0.05, 0) is 47.2 Å². The molecule has 4 aromatic rings. The van der Waals surface area contributed by atoms with E-state index < -0.39 is 0 Å². The van der Waals surface area contributed by atoms with Crippen molar-refractivity contribution >= 4 is 68.9 Å². The zero-order valence-corrected chi connectivity index (χ0v) is 25.5. The summed E-state index contributed by atoms with van der Waals surface area (Å²) in [7, 11) is 0. The van der Waals surface area contributed by atoms with Crippen molar-refractivity contribution in [3.05, 3.63) is 105 Å². The molecule has 1 heterocycles. The third-order valence-electron chi connectivity index (χ3n) is 7.65. The summed E-state index contributed by atoms with van der Waals surface area (Å²) in [5.41, 5.74) is 1.92. The molecular formula is C32H32Cl4N3O2+. The number of quaternary nitrogens is 1. The van der Waals surface area contributed by atoms with Crippen molar-refractivity contribution in [1.82, 2.24) is 5.32 Å². The van der Waals surface area contributed by atoms with E-state index in [2.05, 4.69) is 16.7 Å². The van der Waals surface area contributed by atoms with Crippen molar-refractivity contribution in [2.75, 3.05) is 31.5 Å². The van der Waals surface area contributed by atoms with Crippen LogP contribution in [0.1, 0.15) is 24.8 Å². The first-order valence-corrected chi connectivity index (χ1v) is 15.2. The second-order valence-electron chi connectivity index (χ2n) is 10.6. The van der Waals surface area contributed by atoms with Crippen molar-refractivity contribution in [2.45, 2.75) is 31.9 Å². The zero-order valence-electron chi connectivity index (χ0n) is 22.5. The average molecular weight is 632 g/mol. The van der Waals surface area contributed by atoms with Gasteiger partial charge in [-0.1, -0.05) is 82.8 Å². The minimum absolute atomic E-state index is 0.0955. The predicted molar refractivity (Wildman–Crippen MR) is 171 cm³/mol. The molecule has 5 rings (SSSR count). The van der Waals surface area contributed by atoms with E-state index in [0.717, 1.165) is 77.7 Å². The van der Waals surface area contributed by atoms with Gasteiger partial charge in [0.05, 0.1) is 39.7 Å². The molecule has 5 nitrogen and oxygen atoms in total. The average Bonchev–Trinajstić information content (AvgIpc) is 2.96. The first kappa shape index (κ1) is 29.8. The van der Waals surface area contributed by atoms with Gasteiger partial charge in [-0.15, -0.1) is 0 Å². The van der Waals surface area contributed by atoms with Crippen LogP contribution in [0.2, 0.25) is 20.1 Å². The van der Waals surface area contributed by atoms with Gasteiger partial charge in [0.2, 0.25) is 0 Å². The number of rotatable bonds is 9. The molecular weight excluding hydrogens is 600 g/mol. The molecule has 0 spiro atoms. The molecule has 9 heteroatoms. The van der Waals surface area contributed by atoms with Crippen molar-refractivity contribution in [3.63, 3.8) is 0 Å². The van der Waals surface area contributed by atoms with E-state index >= 15 is 0 Å². The van der Waals surface area contributed by atoms with Crippen LogP contribution in [0.25, 0.3) is 10.8 Å². The first-order valence-electron chi connectivity index (χ1n) is 13.7. The summed E-state index contributed by atoms with van der Waals surface area (Å²) in [6.45, 7) is 4.20. The second-order valence-corrected chi connectivity index (χ2v) is 12.2. The molecule has 0 radical (unpaired) electrons. The lowest BCUT2D eigenvalue weighted by Gasteiger charge is -2.44. The number of urea groups is 1. The second kappa shape index (κ2) is 13.5. The number of hydrogen-bond acceptors (Lipinski definition) is 2. The summed E-state index contributed by atoms with van der Waals surface area (Å²) < 4.78 is 7.14. The van der Waals surface area contributed by atoms with Crippen LogP contribution in [0.4, 0.5) is 10.5 Å². The van der Waals surface area contributed by atoms with E-state index in [1.807, 2.05) is 60.7 Å². The summed E-state index contributed by atoms with van der Waals surface area (Å²) in [4.78, 5) is 12.6. The number of carbonyl (C=O) groups excluding carboxylic acids is 1. The van der Waals surface area contributed by atoms with Gasteiger partial charge >= 0.3 is 6.03 Å². The number of ether oxygens (including phenoxy) is 1. The maximum atomic E-state index is 12.6. The van der Waals surface area contributed by atoms with Gasteiger partial charge in [0, 0.05) is 43.1 Å². The molecule has 4 aromatic carbocycles. The lowest BCUT2D eigenvalue weighted by atomic mass is 10.0. The van der Waals surface area contributed by atoms with Gasteiger partial charge in [0.25, 0.3) is 0 Å². The van der Waals surface area contributed by atoms with Crippen LogP contribution in [-0.2, 0) is 6.54 Å². The number of benzene rings is 4. The first-order chi connectivity index (χ1) is 19.8. The summed E-state index contributed by atoms with van der Waals surface area (Å²) in [6.07, 6.45) is 2.73. The number of halogens is 4. The number of anilines is 1. The number of hydrogen-bond donors (Lipinski definition) is 2. The molecule has 0 saturated carbocycles. The standard InChI is InChI=1S/C32H31Cl4N3O2/c33-28-10-6-22(18-30(28)35)21-39(16-12-26(13-17-39)41-27-9-11-29(34)31(36)20-27)15-3-14-37-32(40)38-25-8-7-23-4-1-2-5-24(23)19-25/h1-2,4-11,18-20,26H,3,12-17,21H2,(H-,37,38,40)/p+1. The van der Waals surface area contributed by atoms with Gasteiger partial charge < -0.3 is 19.9 Å². The SMILES string of the molecule is O=C(NCCC[N+]1(Cc2ccc(Cl)c(Cl)c2)CCC(Oc2ccc(Cl)c(Cl)c2)CC1)Nc1ccc2ccccc2c1. The summed E-state index contributed by atoms with van der Waals surface area (Å²) in [5.74, 6) is 0.732. The summed E-state index contributed by atoms with van der Waals surface area (Å²) in [5, 5.41) is 10.3. The molecule has 1 fully saturated rings. The van der Waals surface area contributed by atoms with Gasteiger partial charge in [0.15, 0.2) is 0 Å². The van der Waals surface area contributed by atoms with Gasteiger partial charge in [-0.3, -0.25) is 0 Å². The van der Waals surface area contributed by atoms with Crippen molar-refractivity contribution in [2.24, 2.45) is 0 Å². The Labute approximate surface area is 260 Å². The minimum Gasteiger partial charge on any atom is -0.490 e. The van der Waals surface area contributed by atoms with E-state index in [0.29, 0.717) is 26.6 Å². The summed E-state index contributed by atoms with van der Waals surface area (Å²) in [6, 6.07) is 25.0. The van der Waals surface area contributed by atoms with Crippen molar-refractivity contribution in [3.8, 4) is 5.75 Å². The fraction of sp³-hybridized carbons (Fsp3) is 0.281. The normalized spacial score (nSPS) is 18.7. The number of fused-ring (bicyclic) bond motifs is 1. The Morgan fingerprint density at radius 1 is 0.805 bits per heavy atom. The highest BCUT2D eigenvalue weighted by Gasteiger charge is 2.35. The van der Waals surface area contributed by atoms with Crippen LogP contribution in [-0.4, -0.2) is 42.8 Å². The third-order valence-corrected chi connectivity index (χ3v) is 9.13. The van der Waals surface area contributed by atoms with Gasteiger partial charge in [-0.25, -0.2) is 4.79 Å². The lowest BCUT2D eigenvalue weighted by Crippen LogP contribution is -2.55. The number of piperidine rings is 1. The van der Waals surface area contributed by atoms with Crippen LogP contribution >= 0.6 is 46.4 Å². The Balaban J connectivity index is 1.18. The molecule has 41 heavy (non-hydrogen) atoms. The maximum Gasteiger partial charge on any atom is 0.319 e. The predicted octanol–water partition coefficient (Wildman–Crippen LogP) is 9.22. The van der Waals surface area contributed by atoms with E-state index in [1.54, 1.807) is 12.1 Å². The Morgan fingerprint density at radius 3 is 2.24 bits per heavy atom. The van der Waals surface area contributed by atoms with Crippen LogP contribution in [0.3, 0.4) is 0 Å². The largest absolute Gasteiger partial charge is 0.490 e. The van der Waals surface area contributed by atoms with E-state index in [-0.39, 0.29) is 12.1 Å². The number of nitrogens with zero attached hydrogens (tertiary/aromatic N) is 1. The van der Waals surface area contributed by atoms with Crippen LogP contribution in [0.5, 0.6) is 5.75 Å². The van der Waals surface area contributed by atoms with E-state index in [9.17, 15) is 4.79 Å². The summed E-state index contributed by atoms with van der Waals surface area (Å²) >= 11 is 24.8. The minimum atomic E-state index is -0.204. The molecule has 1 saturated heterocycles. The maximum absolute atomic E-state index is 12.6. The number of amides is 2. The fourth-order valence-corrected chi connectivity index (χ4v) is 6.11. The molecule has 0 unspecified atom stereocenters. The van der Waals surface area contributed by atoms with Gasteiger partial charge in [0.1, 0.15) is 18.4 Å². The zero-order chi connectivity index (χ0) is 28.8. The lowest BCUT2D eigenvalue weighted by molar-refractivity contribution is -0.946. The Morgan fingerprint density at radius 2 is 1.51 bits per heavy atom. The van der Waals surface area contributed by atoms with E-state index in [1.165, 1.54) is 0 Å². The molecule has 0 aliphatic carbocycles. The molecule has 1 aliphatic rings. The third kappa shape index (κ3) is 8.00. The quantitative estimate of drug-likeness (QED) is 0.143. The van der Waals surface area contributed by atoms with Gasteiger partial charge in [-0.2, -0.15) is 0 Å². The molecule has 2 amide bonds. The number of nitrogens with one attached hydrogen (secondary N) is 2. The van der Waals surface area contributed by atoms with Crippen LogP contribution < -0.4 is 15.4 Å². The molecule has 214 valence electrons. The van der Waals surface area contributed by atoms with Crippen molar-refractivity contribution in [1.29, 1.82) is 0 Å². The molecule has 0 bridgehead atoms. The Bertz CT molecular complexity index is 1520. The molecule has 1 aliphatic heterocycles. The highest BCUT2D eigenvalue weighted by Crippen LogP contribution is 2.31. The smallest absolute Gasteiger partial charge is 0.319 e. The molecule has 0 aromatic heterocycles. The Kier molecular flexibility index (Phi) is 9.84. The number of carbonyl (C=O) groups is 1. The monoisotopic (exact) mass is 630 g/mol. The molecule has 0 atom stereocenters. The highest BCUT2D eigenvalue weighted by molar-refractivity contribution is 6.42. The fourth-order valence-electron chi connectivity index (χ4n) is 5.50. The molecule has 2 N–H and O–H groups in total. The number of likely N-dealkylation sites (tertiary alicyclic amines) is 1. The van der Waals surface area contributed by atoms with Crippen molar-refractivity contribution < 1.29 is 14.0 Å². The van der Waals surface area contributed by atoms with Crippen LogP contribution in [0.15, 0.2) is 78.9 Å².